The first-order valence-corrected chi connectivity index (χ1v) is 11.5. The number of aryl methyl sites for hydroxylation is 1. The summed E-state index contributed by atoms with van der Waals surface area (Å²) >= 11 is 0. The number of halogens is 5. The maximum atomic E-state index is 13.9. The van der Waals surface area contributed by atoms with Crippen LogP contribution < -0.4 is 5.32 Å². The molecule has 0 bridgehead atoms. The normalized spacial score (nSPS) is 17.6. The van der Waals surface area contributed by atoms with Gasteiger partial charge in [-0.15, -0.1) is 0 Å². The van der Waals surface area contributed by atoms with Crippen molar-refractivity contribution in [1.82, 2.24) is 24.7 Å². The van der Waals surface area contributed by atoms with Gasteiger partial charge in [0.15, 0.2) is 18.2 Å². The number of amides is 1. The molecule has 2 unspecified atom stereocenters. The van der Waals surface area contributed by atoms with Crippen molar-refractivity contribution in [1.29, 1.82) is 0 Å². The lowest BCUT2D eigenvalue weighted by Gasteiger charge is -2.28. The fraction of sp³-hybridized carbons (Fsp3) is 0.435. The number of carbonyl (C=O) groups excluding carboxylic acids is 1. The van der Waals surface area contributed by atoms with Gasteiger partial charge in [0.05, 0.1) is 23.5 Å². The Morgan fingerprint density at radius 2 is 1.89 bits per heavy atom. The molecule has 4 rings (SSSR count). The summed E-state index contributed by atoms with van der Waals surface area (Å²) in [5, 5.41) is 6.42. The Bertz CT molecular complexity index is 1260. The lowest BCUT2D eigenvalue weighted by atomic mass is 10.1. The van der Waals surface area contributed by atoms with Crippen LogP contribution in [0.25, 0.3) is 11.4 Å². The van der Waals surface area contributed by atoms with Crippen molar-refractivity contribution in [2.75, 3.05) is 11.9 Å². The van der Waals surface area contributed by atoms with Crippen LogP contribution in [0.1, 0.15) is 49.5 Å². The largest absolute Gasteiger partial charge is 0.441 e. The van der Waals surface area contributed by atoms with E-state index in [1.54, 1.807) is 0 Å². The van der Waals surface area contributed by atoms with E-state index in [4.69, 9.17) is 14.2 Å². The molecule has 3 aromatic rings. The van der Waals surface area contributed by atoms with Gasteiger partial charge in [-0.3, -0.25) is 10.00 Å². The Balaban J connectivity index is 1.49. The van der Waals surface area contributed by atoms with E-state index in [0.717, 1.165) is 24.9 Å². The summed E-state index contributed by atoms with van der Waals surface area (Å²) in [4.78, 5) is 23.7. The zero-order valence-corrected chi connectivity index (χ0v) is 20.2. The molecule has 10 nitrogen and oxygen atoms in total. The van der Waals surface area contributed by atoms with Crippen molar-refractivity contribution in [3.8, 4) is 11.4 Å². The Kier molecular flexibility index (Phi) is 8.16. The van der Waals surface area contributed by atoms with Gasteiger partial charge in [-0.2, -0.15) is 22.7 Å². The molecule has 4 heterocycles. The van der Waals surface area contributed by atoms with Crippen LogP contribution in [-0.4, -0.2) is 49.9 Å². The van der Waals surface area contributed by atoms with Gasteiger partial charge in [0, 0.05) is 31.6 Å². The maximum Gasteiger partial charge on any atom is 0.419 e. The highest BCUT2D eigenvalue weighted by Crippen LogP contribution is 2.38. The predicted octanol–water partition coefficient (Wildman–Crippen LogP) is 5.01. The standard InChI is InChI=1S/C23H23F5N6O4/c1-12(15-7-14(24)10-29-19(15)25)37-22(35)33-21-16(11-32-34(21)2)20-30-8-13(9-31-20)18(23(26,27)28)38-17-5-3-4-6-36-17/h7-12,17-18H,3-6H2,1-2H3,(H,33,35)/t12-,17?,18?/m1/s1. The van der Waals surface area contributed by atoms with Crippen molar-refractivity contribution in [3.05, 3.63) is 53.7 Å². The molecule has 1 fully saturated rings. The van der Waals surface area contributed by atoms with Gasteiger partial charge in [0.2, 0.25) is 5.95 Å². The van der Waals surface area contributed by atoms with E-state index in [0.29, 0.717) is 25.6 Å². The number of alkyl halides is 3. The average Bonchev–Trinajstić information content (AvgIpc) is 3.23. The van der Waals surface area contributed by atoms with E-state index in [-0.39, 0.29) is 28.3 Å². The lowest BCUT2D eigenvalue weighted by Crippen LogP contribution is -2.31. The van der Waals surface area contributed by atoms with Crippen LogP contribution in [-0.2, 0) is 21.3 Å². The second-order valence-corrected chi connectivity index (χ2v) is 8.43. The lowest BCUT2D eigenvalue weighted by molar-refractivity contribution is -0.282. The molecule has 0 aromatic carbocycles. The molecular weight excluding hydrogens is 519 g/mol. The zero-order chi connectivity index (χ0) is 27.4. The smallest absolute Gasteiger partial charge is 0.419 e. The second-order valence-electron chi connectivity index (χ2n) is 8.43. The molecule has 1 amide bonds. The first-order chi connectivity index (χ1) is 18.0. The van der Waals surface area contributed by atoms with Crippen LogP contribution in [0, 0.1) is 11.8 Å². The number of hydrogen-bond acceptors (Lipinski definition) is 8. The third kappa shape index (κ3) is 6.39. The molecular formula is C23H23F5N6O4. The van der Waals surface area contributed by atoms with Crippen molar-refractivity contribution < 1.29 is 41.0 Å². The molecule has 0 spiro atoms. The summed E-state index contributed by atoms with van der Waals surface area (Å²) in [6.45, 7) is 1.64. The fourth-order valence-corrected chi connectivity index (χ4v) is 3.75. The number of ether oxygens (including phenoxy) is 3. The quantitative estimate of drug-likeness (QED) is 0.328. The fourth-order valence-electron chi connectivity index (χ4n) is 3.75. The predicted molar refractivity (Wildman–Crippen MR) is 120 cm³/mol. The Hall–Kier alpha value is -3.72. The van der Waals surface area contributed by atoms with E-state index in [2.05, 4.69) is 25.4 Å². The highest BCUT2D eigenvalue weighted by atomic mass is 19.4. The molecule has 38 heavy (non-hydrogen) atoms. The van der Waals surface area contributed by atoms with Crippen molar-refractivity contribution in [2.24, 2.45) is 7.05 Å². The summed E-state index contributed by atoms with van der Waals surface area (Å²) in [6, 6.07) is 0.851. The minimum atomic E-state index is -4.73. The van der Waals surface area contributed by atoms with Gasteiger partial charge >= 0.3 is 12.3 Å². The number of hydrogen-bond donors (Lipinski definition) is 1. The van der Waals surface area contributed by atoms with Crippen LogP contribution in [0.5, 0.6) is 0 Å². The highest BCUT2D eigenvalue weighted by molar-refractivity contribution is 5.88. The van der Waals surface area contributed by atoms with Gasteiger partial charge in [0.25, 0.3) is 0 Å². The number of carbonyl (C=O) groups is 1. The molecule has 1 N–H and O–H groups in total. The summed E-state index contributed by atoms with van der Waals surface area (Å²) < 4.78 is 85.3. The Morgan fingerprint density at radius 1 is 1.16 bits per heavy atom. The SMILES string of the molecule is C[C@@H](OC(=O)Nc1c(-c2ncc(C(OC3CCCCO3)C(F)(F)F)cn2)cnn1C)c1cc(F)cnc1F. The van der Waals surface area contributed by atoms with Gasteiger partial charge in [-0.05, 0) is 32.3 Å². The van der Waals surface area contributed by atoms with Crippen LogP contribution in [0.4, 0.5) is 32.6 Å². The zero-order valence-electron chi connectivity index (χ0n) is 20.2. The molecule has 3 atom stereocenters. The molecule has 204 valence electrons. The van der Waals surface area contributed by atoms with Gasteiger partial charge in [0.1, 0.15) is 17.7 Å². The molecule has 0 saturated carbocycles. The third-order valence-corrected chi connectivity index (χ3v) is 5.65. The summed E-state index contributed by atoms with van der Waals surface area (Å²) in [6.07, 6.45) is -4.55. The van der Waals surface area contributed by atoms with Crippen LogP contribution in [0.15, 0.2) is 30.9 Å². The number of aromatic nitrogens is 5. The van der Waals surface area contributed by atoms with E-state index >= 15 is 0 Å². The van der Waals surface area contributed by atoms with E-state index in [9.17, 15) is 26.7 Å². The molecule has 15 heteroatoms. The number of anilines is 1. The number of nitrogens with one attached hydrogen (secondary N) is 1. The molecule has 1 aliphatic heterocycles. The van der Waals surface area contributed by atoms with Gasteiger partial charge in [-0.1, -0.05) is 0 Å². The van der Waals surface area contributed by atoms with Crippen LogP contribution >= 0.6 is 0 Å². The molecule has 1 saturated heterocycles. The second kappa shape index (κ2) is 11.3. The minimum absolute atomic E-state index is 0.0413. The summed E-state index contributed by atoms with van der Waals surface area (Å²) in [5.41, 5.74) is -0.431. The number of nitrogens with zero attached hydrogens (tertiary/aromatic N) is 5. The van der Waals surface area contributed by atoms with Crippen molar-refractivity contribution >= 4 is 11.9 Å². The molecule has 3 aromatic heterocycles. The van der Waals surface area contributed by atoms with Crippen LogP contribution in [0.2, 0.25) is 0 Å². The van der Waals surface area contributed by atoms with E-state index in [1.807, 2.05) is 0 Å². The average molecular weight is 542 g/mol. The topological polar surface area (TPSA) is 113 Å². The van der Waals surface area contributed by atoms with Gasteiger partial charge in [-0.25, -0.2) is 24.1 Å². The van der Waals surface area contributed by atoms with Crippen LogP contribution in [0.3, 0.4) is 0 Å². The maximum absolute atomic E-state index is 13.9. The van der Waals surface area contributed by atoms with E-state index < -0.39 is 42.5 Å². The first kappa shape index (κ1) is 27.3. The molecule has 1 aliphatic rings. The molecule has 0 aliphatic carbocycles. The number of pyridine rings is 1. The molecule has 0 radical (unpaired) electrons. The highest BCUT2D eigenvalue weighted by Gasteiger charge is 2.44. The third-order valence-electron chi connectivity index (χ3n) is 5.65. The van der Waals surface area contributed by atoms with Gasteiger partial charge < -0.3 is 14.2 Å². The first-order valence-electron chi connectivity index (χ1n) is 11.5. The number of rotatable bonds is 7. The van der Waals surface area contributed by atoms with Crippen molar-refractivity contribution in [3.63, 3.8) is 0 Å². The van der Waals surface area contributed by atoms with Crippen molar-refractivity contribution in [2.45, 2.75) is 50.9 Å². The monoisotopic (exact) mass is 542 g/mol. The Labute approximate surface area is 213 Å². The summed E-state index contributed by atoms with van der Waals surface area (Å²) in [5.74, 6) is -1.80. The minimum Gasteiger partial charge on any atom is -0.441 e. The van der Waals surface area contributed by atoms with E-state index in [1.165, 1.54) is 24.9 Å². The Morgan fingerprint density at radius 3 is 2.55 bits per heavy atom. The summed E-state index contributed by atoms with van der Waals surface area (Å²) in [7, 11) is 1.48.